The number of halogens is 2. The maximum Gasteiger partial charge on any atom is 0.357 e. The molecule has 1 saturated heterocycles. The Bertz CT molecular complexity index is 847. The number of nitrogens with zero attached hydrogens (tertiary/aromatic N) is 4. The molecule has 1 aromatic heterocycles. The van der Waals surface area contributed by atoms with E-state index in [0.717, 1.165) is 5.56 Å². The lowest BCUT2D eigenvalue weighted by Crippen LogP contribution is -2.48. The quantitative estimate of drug-likeness (QED) is 0.876. The van der Waals surface area contributed by atoms with Crippen molar-refractivity contribution in [3.05, 3.63) is 52.1 Å². The summed E-state index contributed by atoms with van der Waals surface area (Å²) < 4.78 is 14.5. The fraction of sp³-hybridized carbons (Fsp3) is 0.353. The molecule has 26 heavy (non-hydrogen) atoms. The predicted octanol–water partition coefficient (Wildman–Crippen LogP) is 1.87. The van der Waals surface area contributed by atoms with Crippen molar-refractivity contribution >= 4 is 23.5 Å². The maximum absolute atomic E-state index is 13.1. The zero-order valence-electron chi connectivity index (χ0n) is 14.2. The molecule has 0 aliphatic carbocycles. The molecule has 0 radical (unpaired) electrons. The summed E-state index contributed by atoms with van der Waals surface area (Å²) >= 11 is 6.06. The molecular formula is C17H18ClFN4O3. The molecule has 0 atom stereocenters. The summed E-state index contributed by atoms with van der Waals surface area (Å²) in [4.78, 5) is 27.6. The van der Waals surface area contributed by atoms with Gasteiger partial charge in [-0.3, -0.25) is 14.4 Å². The summed E-state index contributed by atoms with van der Waals surface area (Å²) in [6, 6.07) is 4.31. The minimum atomic E-state index is -1.22. The highest BCUT2D eigenvalue weighted by molar-refractivity contribution is 6.31. The van der Waals surface area contributed by atoms with Crippen LogP contribution in [0.5, 0.6) is 0 Å². The summed E-state index contributed by atoms with van der Waals surface area (Å²) in [6.07, 6.45) is 1.43. The second-order valence-electron chi connectivity index (χ2n) is 6.17. The number of carboxylic acid groups (broad SMARTS) is 1. The van der Waals surface area contributed by atoms with E-state index in [1.165, 1.54) is 23.0 Å². The number of aromatic nitrogens is 2. The van der Waals surface area contributed by atoms with E-state index in [1.807, 2.05) is 0 Å². The molecule has 1 N–H and O–H groups in total. The van der Waals surface area contributed by atoms with Crippen molar-refractivity contribution in [1.29, 1.82) is 0 Å². The number of piperazine rings is 1. The lowest BCUT2D eigenvalue weighted by atomic mass is 10.1. The Morgan fingerprint density at radius 2 is 1.96 bits per heavy atom. The highest BCUT2D eigenvalue weighted by Crippen LogP contribution is 2.20. The van der Waals surface area contributed by atoms with Gasteiger partial charge in [-0.25, -0.2) is 9.18 Å². The molecule has 1 fully saturated rings. The van der Waals surface area contributed by atoms with Crippen LogP contribution in [0.25, 0.3) is 0 Å². The van der Waals surface area contributed by atoms with Gasteiger partial charge in [0.2, 0.25) is 0 Å². The first-order chi connectivity index (χ1) is 12.3. The highest BCUT2D eigenvalue weighted by Gasteiger charge is 2.28. The molecule has 9 heteroatoms. The van der Waals surface area contributed by atoms with Crippen LogP contribution >= 0.6 is 11.6 Å². The lowest BCUT2D eigenvalue weighted by Gasteiger charge is -2.34. The molecule has 7 nitrogen and oxygen atoms in total. The summed E-state index contributed by atoms with van der Waals surface area (Å²) in [5.74, 6) is -1.94. The molecule has 1 aliphatic heterocycles. The Hall–Kier alpha value is -2.45. The third-order valence-corrected chi connectivity index (χ3v) is 4.68. The molecule has 0 spiro atoms. The number of rotatable bonds is 4. The lowest BCUT2D eigenvalue weighted by molar-refractivity contribution is 0.0608. The van der Waals surface area contributed by atoms with Crippen LogP contribution in [-0.4, -0.2) is 62.7 Å². The minimum Gasteiger partial charge on any atom is -0.476 e. The largest absolute Gasteiger partial charge is 0.476 e. The fourth-order valence-corrected chi connectivity index (χ4v) is 3.20. The number of hydrogen-bond donors (Lipinski definition) is 1. The standard InChI is InChI=1S/C17H18ClFN4O3/c1-21-10-13(15(20-21)17(25)26)16(24)23-6-4-22(5-7-23)9-11-2-3-12(19)8-14(11)18/h2-3,8,10H,4-7,9H2,1H3,(H,25,26). The summed E-state index contributed by atoms with van der Waals surface area (Å²) in [5.41, 5.74) is 0.682. The first kappa shape index (κ1) is 18.3. The van der Waals surface area contributed by atoms with Gasteiger partial charge in [-0.05, 0) is 17.7 Å². The highest BCUT2D eigenvalue weighted by atomic mass is 35.5. The zero-order valence-corrected chi connectivity index (χ0v) is 14.9. The zero-order chi connectivity index (χ0) is 18.8. The van der Waals surface area contributed by atoms with Crippen molar-refractivity contribution in [2.75, 3.05) is 26.2 Å². The third-order valence-electron chi connectivity index (χ3n) is 4.33. The van der Waals surface area contributed by atoms with Crippen molar-refractivity contribution in [2.45, 2.75) is 6.54 Å². The molecule has 138 valence electrons. The van der Waals surface area contributed by atoms with Crippen LogP contribution in [0.1, 0.15) is 26.4 Å². The summed E-state index contributed by atoms with van der Waals surface area (Å²) in [6.45, 7) is 2.72. The van der Waals surface area contributed by atoms with Crippen molar-refractivity contribution < 1.29 is 19.1 Å². The van der Waals surface area contributed by atoms with Crippen LogP contribution in [0.3, 0.4) is 0 Å². The van der Waals surface area contributed by atoms with Crippen LogP contribution in [0.15, 0.2) is 24.4 Å². The van der Waals surface area contributed by atoms with E-state index in [0.29, 0.717) is 37.7 Å². The third kappa shape index (κ3) is 3.86. The number of amides is 1. The van der Waals surface area contributed by atoms with E-state index in [9.17, 15) is 19.1 Å². The van der Waals surface area contributed by atoms with E-state index in [4.69, 9.17) is 11.6 Å². The summed E-state index contributed by atoms with van der Waals surface area (Å²) in [5, 5.41) is 13.4. The molecular weight excluding hydrogens is 363 g/mol. The van der Waals surface area contributed by atoms with Gasteiger partial charge in [-0.15, -0.1) is 0 Å². The van der Waals surface area contributed by atoms with Crippen LogP contribution in [0, 0.1) is 5.82 Å². The number of aromatic carboxylic acids is 1. The first-order valence-electron chi connectivity index (χ1n) is 8.07. The van der Waals surface area contributed by atoms with Gasteiger partial charge < -0.3 is 10.0 Å². The minimum absolute atomic E-state index is 0.0926. The van der Waals surface area contributed by atoms with Gasteiger partial charge in [0.05, 0.1) is 5.56 Å². The van der Waals surface area contributed by atoms with E-state index < -0.39 is 5.97 Å². The number of aryl methyl sites for hydroxylation is 1. The monoisotopic (exact) mass is 380 g/mol. The summed E-state index contributed by atoms with van der Waals surface area (Å²) in [7, 11) is 1.58. The van der Waals surface area contributed by atoms with Crippen LogP contribution in [0.4, 0.5) is 4.39 Å². The Kier molecular flexibility index (Phi) is 5.24. The smallest absolute Gasteiger partial charge is 0.357 e. The van der Waals surface area contributed by atoms with Gasteiger partial charge in [0, 0.05) is 51.0 Å². The number of carbonyl (C=O) groups excluding carboxylic acids is 1. The van der Waals surface area contributed by atoms with Crippen LogP contribution < -0.4 is 0 Å². The molecule has 3 rings (SSSR count). The molecule has 2 aromatic rings. The normalized spacial score (nSPS) is 15.3. The van der Waals surface area contributed by atoms with E-state index in [-0.39, 0.29) is 23.0 Å². The van der Waals surface area contributed by atoms with Crippen LogP contribution in [-0.2, 0) is 13.6 Å². The van der Waals surface area contributed by atoms with E-state index >= 15 is 0 Å². The average Bonchev–Trinajstić information content (AvgIpc) is 2.99. The Balaban J connectivity index is 1.63. The van der Waals surface area contributed by atoms with Crippen molar-refractivity contribution in [3.8, 4) is 0 Å². The van der Waals surface area contributed by atoms with Gasteiger partial charge in [-0.1, -0.05) is 17.7 Å². The van der Waals surface area contributed by atoms with Gasteiger partial charge >= 0.3 is 5.97 Å². The number of hydrogen-bond acceptors (Lipinski definition) is 4. The van der Waals surface area contributed by atoms with Crippen molar-refractivity contribution in [2.24, 2.45) is 7.05 Å². The van der Waals surface area contributed by atoms with Crippen LogP contribution in [0.2, 0.25) is 5.02 Å². The molecule has 1 aliphatic rings. The SMILES string of the molecule is Cn1cc(C(=O)N2CCN(Cc3ccc(F)cc3Cl)CC2)c(C(=O)O)n1. The predicted molar refractivity (Wildman–Crippen MR) is 92.8 cm³/mol. The molecule has 1 amide bonds. The Labute approximate surface area is 154 Å². The Morgan fingerprint density at radius 3 is 2.58 bits per heavy atom. The fourth-order valence-electron chi connectivity index (χ4n) is 2.97. The van der Waals surface area contributed by atoms with E-state index in [1.54, 1.807) is 18.0 Å². The van der Waals surface area contributed by atoms with Crippen molar-refractivity contribution in [1.82, 2.24) is 19.6 Å². The van der Waals surface area contributed by atoms with Gasteiger partial charge in [-0.2, -0.15) is 5.10 Å². The number of carboxylic acids is 1. The number of benzene rings is 1. The molecule has 0 bridgehead atoms. The second kappa shape index (κ2) is 7.43. The maximum atomic E-state index is 13.1. The number of carbonyl (C=O) groups is 2. The molecule has 2 heterocycles. The first-order valence-corrected chi connectivity index (χ1v) is 8.45. The topological polar surface area (TPSA) is 78.7 Å². The molecule has 0 saturated carbocycles. The van der Waals surface area contributed by atoms with Gasteiger partial charge in [0.1, 0.15) is 5.82 Å². The van der Waals surface area contributed by atoms with Crippen molar-refractivity contribution in [3.63, 3.8) is 0 Å². The average molecular weight is 381 g/mol. The second-order valence-corrected chi connectivity index (χ2v) is 6.58. The van der Waals surface area contributed by atoms with Gasteiger partial charge in [0.15, 0.2) is 5.69 Å². The molecule has 1 aromatic carbocycles. The Morgan fingerprint density at radius 1 is 1.27 bits per heavy atom. The van der Waals surface area contributed by atoms with Gasteiger partial charge in [0.25, 0.3) is 5.91 Å². The van der Waals surface area contributed by atoms with E-state index in [2.05, 4.69) is 10.00 Å². The molecule has 0 unspecified atom stereocenters.